The Balaban J connectivity index is 1.80. The highest BCUT2D eigenvalue weighted by Crippen LogP contribution is 2.36. The topological polar surface area (TPSA) is 59.2 Å². The van der Waals surface area contributed by atoms with Crippen LogP contribution in [0, 0.1) is 0 Å². The normalized spacial score (nSPS) is 25.6. The van der Waals surface area contributed by atoms with E-state index in [1.165, 1.54) is 6.42 Å². The van der Waals surface area contributed by atoms with Gasteiger partial charge in [0.1, 0.15) is 0 Å². The molecule has 2 N–H and O–H groups in total. The summed E-state index contributed by atoms with van der Waals surface area (Å²) in [5.74, 6) is 0.156. The molecular weight excluding hydrogens is 250 g/mol. The Bertz CT molecular complexity index is 468. The lowest BCUT2D eigenvalue weighted by Crippen LogP contribution is -2.56. The number of amides is 1. The van der Waals surface area contributed by atoms with Crippen LogP contribution >= 0.6 is 0 Å². The Morgan fingerprint density at radius 3 is 2.80 bits per heavy atom. The maximum absolute atomic E-state index is 12.9. The Morgan fingerprint density at radius 1 is 1.30 bits per heavy atom. The van der Waals surface area contributed by atoms with Crippen molar-refractivity contribution < 1.29 is 4.79 Å². The SMILES string of the molecule is NC1(C(=O)N2CCCC2c2cccnc2)CCCCC1. The lowest BCUT2D eigenvalue weighted by molar-refractivity contribution is -0.139. The fourth-order valence-corrected chi connectivity index (χ4v) is 3.61. The van der Waals surface area contributed by atoms with Gasteiger partial charge in [-0.3, -0.25) is 9.78 Å². The quantitative estimate of drug-likeness (QED) is 0.900. The fourth-order valence-electron chi connectivity index (χ4n) is 3.61. The van der Waals surface area contributed by atoms with E-state index in [9.17, 15) is 4.79 Å². The zero-order valence-corrected chi connectivity index (χ0v) is 11.9. The molecule has 2 fully saturated rings. The largest absolute Gasteiger partial charge is 0.334 e. The van der Waals surface area contributed by atoms with Crippen molar-refractivity contribution in [3.05, 3.63) is 30.1 Å². The van der Waals surface area contributed by atoms with Gasteiger partial charge in [-0.2, -0.15) is 0 Å². The van der Waals surface area contributed by atoms with Gasteiger partial charge < -0.3 is 10.6 Å². The molecule has 108 valence electrons. The first-order valence-electron chi connectivity index (χ1n) is 7.71. The Morgan fingerprint density at radius 2 is 2.10 bits per heavy atom. The average Bonchev–Trinajstić information content (AvgIpc) is 2.97. The Kier molecular flexibility index (Phi) is 3.74. The maximum atomic E-state index is 12.9. The Labute approximate surface area is 120 Å². The minimum atomic E-state index is -0.622. The molecule has 4 heteroatoms. The third kappa shape index (κ3) is 2.44. The lowest BCUT2D eigenvalue weighted by atomic mass is 9.81. The standard InChI is InChI=1S/C16H23N3O/c17-16(8-2-1-3-9-16)15(20)19-11-5-7-14(19)13-6-4-10-18-12-13/h4,6,10,12,14H,1-3,5,7-9,11,17H2. The molecular formula is C16H23N3O. The summed E-state index contributed by atoms with van der Waals surface area (Å²) >= 11 is 0. The van der Waals surface area contributed by atoms with Gasteiger partial charge in [-0.1, -0.05) is 25.3 Å². The molecule has 2 heterocycles. The molecule has 3 rings (SSSR count). The van der Waals surface area contributed by atoms with E-state index in [2.05, 4.69) is 11.1 Å². The highest BCUT2D eigenvalue weighted by atomic mass is 16.2. The first kappa shape index (κ1) is 13.6. The molecule has 2 aliphatic rings. The molecule has 1 saturated carbocycles. The summed E-state index contributed by atoms with van der Waals surface area (Å²) in [4.78, 5) is 19.1. The molecule has 1 aromatic heterocycles. The number of carbonyl (C=O) groups excluding carboxylic acids is 1. The monoisotopic (exact) mass is 273 g/mol. The molecule has 20 heavy (non-hydrogen) atoms. The van der Waals surface area contributed by atoms with Crippen LogP contribution in [0.5, 0.6) is 0 Å². The van der Waals surface area contributed by atoms with Crippen LogP contribution < -0.4 is 5.73 Å². The lowest BCUT2D eigenvalue weighted by Gasteiger charge is -2.37. The Hall–Kier alpha value is -1.42. The van der Waals surface area contributed by atoms with Gasteiger partial charge in [0.2, 0.25) is 5.91 Å². The van der Waals surface area contributed by atoms with Crippen LogP contribution in [0.4, 0.5) is 0 Å². The molecule has 1 amide bonds. The van der Waals surface area contributed by atoms with Crippen molar-refractivity contribution in [3.63, 3.8) is 0 Å². The van der Waals surface area contributed by atoms with Crippen molar-refractivity contribution in [2.24, 2.45) is 5.73 Å². The van der Waals surface area contributed by atoms with Gasteiger partial charge in [-0.15, -0.1) is 0 Å². The zero-order chi connectivity index (χ0) is 14.0. The summed E-state index contributed by atoms with van der Waals surface area (Å²) in [6.45, 7) is 0.831. The predicted octanol–water partition coefficient (Wildman–Crippen LogP) is 2.41. The van der Waals surface area contributed by atoms with Gasteiger partial charge in [-0.25, -0.2) is 0 Å². The van der Waals surface area contributed by atoms with Crippen molar-refractivity contribution in [2.45, 2.75) is 56.5 Å². The second-order valence-corrected chi connectivity index (χ2v) is 6.16. The van der Waals surface area contributed by atoms with Crippen molar-refractivity contribution in [2.75, 3.05) is 6.54 Å². The average molecular weight is 273 g/mol. The minimum Gasteiger partial charge on any atom is -0.334 e. The molecule has 0 radical (unpaired) electrons. The predicted molar refractivity (Wildman–Crippen MR) is 77.9 cm³/mol. The van der Waals surface area contributed by atoms with Crippen LogP contribution in [0.2, 0.25) is 0 Å². The van der Waals surface area contributed by atoms with Gasteiger partial charge in [-0.05, 0) is 37.3 Å². The van der Waals surface area contributed by atoms with Crippen LogP contribution in [0.25, 0.3) is 0 Å². The maximum Gasteiger partial charge on any atom is 0.243 e. The molecule has 0 aromatic carbocycles. The van der Waals surface area contributed by atoms with Crippen molar-refractivity contribution in [1.29, 1.82) is 0 Å². The molecule has 1 atom stereocenters. The number of rotatable bonds is 2. The van der Waals surface area contributed by atoms with E-state index in [4.69, 9.17) is 5.73 Å². The summed E-state index contributed by atoms with van der Waals surface area (Å²) in [5, 5.41) is 0. The molecule has 4 nitrogen and oxygen atoms in total. The van der Waals surface area contributed by atoms with Gasteiger partial charge in [0.15, 0.2) is 0 Å². The second kappa shape index (κ2) is 5.52. The molecule has 0 bridgehead atoms. The van der Waals surface area contributed by atoms with E-state index < -0.39 is 5.54 Å². The third-order valence-corrected chi connectivity index (χ3v) is 4.75. The molecule has 1 saturated heterocycles. The van der Waals surface area contributed by atoms with E-state index >= 15 is 0 Å². The summed E-state index contributed by atoms with van der Waals surface area (Å²) < 4.78 is 0. The van der Waals surface area contributed by atoms with Crippen LogP contribution in [0.15, 0.2) is 24.5 Å². The van der Waals surface area contributed by atoms with Crippen LogP contribution in [0.3, 0.4) is 0 Å². The van der Waals surface area contributed by atoms with E-state index in [-0.39, 0.29) is 11.9 Å². The number of hydrogen-bond donors (Lipinski definition) is 1. The van der Waals surface area contributed by atoms with E-state index in [0.29, 0.717) is 0 Å². The number of nitrogens with zero attached hydrogens (tertiary/aromatic N) is 2. The van der Waals surface area contributed by atoms with Gasteiger partial charge >= 0.3 is 0 Å². The number of pyridine rings is 1. The highest BCUT2D eigenvalue weighted by Gasteiger charge is 2.42. The number of hydrogen-bond acceptors (Lipinski definition) is 3. The van der Waals surface area contributed by atoms with E-state index in [1.807, 2.05) is 17.2 Å². The molecule has 0 spiro atoms. The van der Waals surface area contributed by atoms with E-state index in [1.54, 1.807) is 6.20 Å². The summed E-state index contributed by atoms with van der Waals surface area (Å²) in [6, 6.07) is 4.17. The summed E-state index contributed by atoms with van der Waals surface area (Å²) in [7, 11) is 0. The molecule has 1 aliphatic heterocycles. The van der Waals surface area contributed by atoms with Crippen molar-refractivity contribution in [1.82, 2.24) is 9.88 Å². The first-order chi connectivity index (χ1) is 9.71. The number of nitrogens with two attached hydrogens (primary N) is 1. The van der Waals surface area contributed by atoms with Crippen LogP contribution in [-0.2, 0) is 4.79 Å². The first-order valence-corrected chi connectivity index (χ1v) is 7.71. The number of likely N-dealkylation sites (tertiary alicyclic amines) is 1. The zero-order valence-electron chi connectivity index (χ0n) is 11.9. The van der Waals surface area contributed by atoms with Gasteiger partial charge in [0.05, 0.1) is 11.6 Å². The molecule has 1 aromatic rings. The van der Waals surface area contributed by atoms with Gasteiger partial charge in [0, 0.05) is 18.9 Å². The van der Waals surface area contributed by atoms with E-state index in [0.717, 1.165) is 50.6 Å². The third-order valence-electron chi connectivity index (χ3n) is 4.75. The highest BCUT2D eigenvalue weighted by molar-refractivity contribution is 5.86. The summed E-state index contributed by atoms with van der Waals surface area (Å²) in [5.41, 5.74) is 6.93. The second-order valence-electron chi connectivity index (χ2n) is 6.16. The van der Waals surface area contributed by atoms with Crippen molar-refractivity contribution in [3.8, 4) is 0 Å². The minimum absolute atomic E-state index is 0.156. The molecule has 1 aliphatic carbocycles. The van der Waals surface area contributed by atoms with Crippen molar-refractivity contribution >= 4 is 5.91 Å². The van der Waals surface area contributed by atoms with Crippen LogP contribution in [0.1, 0.15) is 56.6 Å². The summed E-state index contributed by atoms with van der Waals surface area (Å²) in [6.07, 6.45) is 10.8. The number of aromatic nitrogens is 1. The van der Waals surface area contributed by atoms with Crippen LogP contribution in [-0.4, -0.2) is 27.9 Å². The smallest absolute Gasteiger partial charge is 0.243 e. The molecule has 1 unspecified atom stereocenters. The van der Waals surface area contributed by atoms with Gasteiger partial charge in [0.25, 0.3) is 0 Å². The fraction of sp³-hybridized carbons (Fsp3) is 0.625. The number of carbonyl (C=O) groups is 1.